The molecular formula is C4H6NO3PS3. The number of thiocarbonyl (C=S) groups is 1. The molecule has 0 aliphatic carbocycles. The largest absolute Gasteiger partial charge is 0.330 e. The molecule has 0 unspecified atom stereocenters. The number of hydrogen-bond acceptors (Lipinski definition) is 5. The molecule has 3 N–H and O–H groups in total. The van der Waals surface area contributed by atoms with Crippen LogP contribution in [0.25, 0.3) is 0 Å². The first-order chi connectivity index (χ1) is 5.49. The van der Waals surface area contributed by atoms with Gasteiger partial charge in [0.1, 0.15) is 0 Å². The van der Waals surface area contributed by atoms with Gasteiger partial charge in [-0.05, 0) is 10.8 Å². The lowest BCUT2D eigenvalue weighted by Gasteiger charge is -2.05. The fourth-order valence-corrected chi connectivity index (χ4v) is 3.45. The van der Waals surface area contributed by atoms with Crippen LogP contribution in [-0.2, 0) is 4.57 Å². The Balaban J connectivity index is 2.54. The fourth-order valence-electron chi connectivity index (χ4n) is 0.560. The van der Waals surface area contributed by atoms with Crippen LogP contribution >= 0.6 is 41.6 Å². The Labute approximate surface area is 82.9 Å². The quantitative estimate of drug-likeness (QED) is 0.298. The summed E-state index contributed by atoms with van der Waals surface area (Å²) < 4.78 is 13.4. The average molecular weight is 243 g/mol. The van der Waals surface area contributed by atoms with Crippen molar-refractivity contribution >= 4 is 46.5 Å². The van der Waals surface area contributed by atoms with Crippen LogP contribution < -0.4 is 4.72 Å². The first kappa shape index (κ1) is 10.6. The smallest absolute Gasteiger partial charge is 0.324 e. The van der Waals surface area contributed by atoms with Gasteiger partial charge in [0.15, 0.2) is 0 Å². The molecule has 0 saturated heterocycles. The third kappa shape index (κ3) is 3.47. The number of hydrogen-bond donors (Lipinski definition) is 3. The summed E-state index contributed by atoms with van der Waals surface area (Å²) in [5, 5.41) is 1.74. The van der Waals surface area contributed by atoms with E-state index in [9.17, 15) is 4.57 Å². The molecule has 0 bridgehead atoms. The van der Waals surface area contributed by atoms with Crippen molar-refractivity contribution in [2.24, 2.45) is 0 Å². The summed E-state index contributed by atoms with van der Waals surface area (Å²) in [6.45, 7) is 0. The van der Waals surface area contributed by atoms with Crippen molar-refractivity contribution in [3.05, 3.63) is 11.1 Å². The van der Waals surface area contributed by atoms with Gasteiger partial charge in [-0.3, -0.25) is 4.57 Å². The minimum atomic E-state index is -4.01. The van der Waals surface area contributed by atoms with Crippen molar-refractivity contribution in [1.82, 2.24) is 4.72 Å². The maximum absolute atomic E-state index is 10.5. The molecule has 1 rings (SSSR count). The molecule has 0 atom stereocenters. The summed E-state index contributed by atoms with van der Waals surface area (Å²) in [5.41, 5.74) is 0.628. The molecule has 1 aliphatic rings. The van der Waals surface area contributed by atoms with Crippen LogP contribution in [0.2, 0.25) is 0 Å². The Morgan fingerprint density at radius 2 is 2.42 bits per heavy atom. The minimum absolute atomic E-state index is 0.279. The van der Waals surface area contributed by atoms with Gasteiger partial charge in [-0.15, -0.1) is 0 Å². The highest BCUT2D eigenvalue weighted by Crippen LogP contribution is 2.37. The second-order valence-electron chi connectivity index (χ2n) is 2.06. The van der Waals surface area contributed by atoms with Gasteiger partial charge in [0.05, 0.1) is 16.7 Å². The van der Waals surface area contributed by atoms with E-state index in [-0.39, 0.29) is 11.0 Å². The Bertz CT molecular complexity index is 273. The van der Waals surface area contributed by atoms with Crippen molar-refractivity contribution in [3.63, 3.8) is 0 Å². The predicted octanol–water partition coefficient (Wildman–Crippen LogP) is 1.27. The molecule has 12 heavy (non-hydrogen) atoms. The summed E-state index contributed by atoms with van der Waals surface area (Å²) in [4.78, 5) is 17.5. The summed E-state index contributed by atoms with van der Waals surface area (Å²) in [6, 6.07) is 0. The molecule has 68 valence electrons. The summed E-state index contributed by atoms with van der Waals surface area (Å²) in [6.07, 6.45) is -0.359. The highest BCUT2D eigenvalue weighted by atomic mass is 33.1. The highest BCUT2D eigenvalue weighted by molar-refractivity contribution is 8.77. The normalized spacial score (nSPS) is 17.0. The number of rotatable bonds is 3. The molecule has 0 amide bonds. The van der Waals surface area contributed by atoms with E-state index < -0.39 is 7.60 Å². The fraction of sp³-hybridized carbons (Fsp3) is 0.250. The zero-order chi connectivity index (χ0) is 9.19. The monoisotopic (exact) mass is 243 g/mol. The van der Waals surface area contributed by atoms with Crippen molar-refractivity contribution < 1.29 is 14.4 Å². The van der Waals surface area contributed by atoms with Crippen molar-refractivity contribution in [2.45, 2.75) is 0 Å². The van der Waals surface area contributed by atoms with Gasteiger partial charge in [0, 0.05) is 16.4 Å². The molecule has 4 nitrogen and oxygen atoms in total. The molecule has 1 aliphatic heterocycles. The molecule has 8 heteroatoms. The minimum Gasteiger partial charge on any atom is -0.324 e. The standard InChI is InChI=1S/C4H6NO3PS3/c6-9(7,8)1-4(10)3-2-11-12-5-3/h2,5H,1H2,(H2,6,7,8). The third-order valence-electron chi connectivity index (χ3n) is 1.02. The molecule has 1 heterocycles. The Morgan fingerprint density at radius 1 is 1.75 bits per heavy atom. The second kappa shape index (κ2) is 4.13. The van der Waals surface area contributed by atoms with Gasteiger partial charge in [-0.25, -0.2) is 0 Å². The zero-order valence-corrected chi connectivity index (χ0v) is 9.10. The SMILES string of the molecule is O=P(O)(O)CC(=S)C1=CSSN1. The van der Waals surface area contributed by atoms with Gasteiger partial charge in [0.25, 0.3) is 0 Å². The molecule has 0 aromatic rings. The summed E-state index contributed by atoms with van der Waals surface area (Å²) in [7, 11) is -1.21. The average Bonchev–Trinajstić information content (AvgIpc) is 2.32. The zero-order valence-electron chi connectivity index (χ0n) is 5.76. The van der Waals surface area contributed by atoms with E-state index >= 15 is 0 Å². The second-order valence-corrected chi connectivity index (χ2v) is 6.07. The van der Waals surface area contributed by atoms with E-state index in [0.29, 0.717) is 5.70 Å². The predicted molar refractivity (Wildman–Crippen MR) is 55.9 cm³/mol. The lowest BCUT2D eigenvalue weighted by Crippen LogP contribution is -2.12. The molecule has 0 fully saturated rings. The van der Waals surface area contributed by atoms with E-state index in [2.05, 4.69) is 4.72 Å². The van der Waals surface area contributed by atoms with E-state index in [1.165, 1.54) is 21.8 Å². The molecule has 0 radical (unpaired) electrons. The van der Waals surface area contributed by atoms with E-state index in [4.69, 9.17) is 22.0 Å². The van der Waals surface area contributed by atoms with Crippen LogP contribution in [0.3, 0.4) is 0 Å². The Morgan fingerprint density at radius 3 is 2.83 bits per heavy atom. The van der Waals surface area contributed by atoms with E-state index in [0.717, 1.165) is 0 Å². The van der Waals surface area contributed by atoms with Crippen LogP contribution in [0.15, 0.2) is 11.1 Å². The molecule has 0 aromatic carbocycles. The van der Waals surface area contributed by atoms with E-state index in [1.54, 1.807) is 5.41 Å². The van der Waals surface area contributed by atoms with Gasteiger partial charge in [-0.1, -0.05) is 12.2 Å². The molecule has 0 spiro atoms. The number of nitrogens with one attached hydrogen (secondary N) is 1. The van der Waals surface area contributed by atoms with Gasteiger partial charge in [0.2, 0.25) is 0 Å². The summed E-state index contributed by atoms with van der Waals surface area (Å²) in [5.74, 6) is 0. The topological polar surface area (TPSA) is 69.6 Å². The Kier molecular flexibility index (Phi) is 3.63. The van der Waals surface area contributed by atoms with Gasteiger partial charge >= 0.3 is 7.60 Å². The first-order valence-electron chi connectivity index (χ1n) is 2.85. The maximum atomic E-state index is 10.5. The van der Waals surface area contributed by atoms with Gasteiger partial charge in [-0.2, -0.15) is 0 Å². The Hall–Kier alpha value is 0.480. The van der Waals surface area contributed by atoms with Gasteiger partial charge < -0.3 is 14.5 Å². The first-order valence-corrected chi connectivity index (χ1v) is 7.27. The van der Waals surface area contributed by atoms with Crippen molar-refractivity contribution in [1.29, 1.82) is 0 Å². The van der Waals surface area contributed by atoms with Crippen LogP contribution in [0.5, 0.6) is 0 Å². The molecule has 0 aromatic heterocycles. The van der Waals surface area contributed by atoms with Crippen LogP contribution in [0, 0.1) is 0 Å². The lowest BCUT2D eigenvalue weighted by atomic mass is 10.4. The lowest BCUT2D eigenvalue weighted by molar-refractivity contribution is 0.378. The number of allylic oxidation sites excluding steroid dienone is 1. The van der Waals surface area contributed by atoms with Crippen LogP contribution in [-0.4, -0.2) is 20.8 Å². The van der Waals surface area contributed by atoms with Crippen LogP contribution in [0.4, 0.5) is 0 Å². The van der Waals surface area contributed by atoms with E-state index in [1.807, 2.05) is 0 Å². The summed E-state index contributed by atoms with van der Waals surface area (Å²) >= 11 is 4.81. The maximum Gasteiger partial charge on any atom is 0.330 e. The van der Waals surface area contributed by atoms with Crippen molar-refractivity contribution in [3.8, 4) is 0 Å². The molecule has 0 saturated carbocycles. The molecular weight excluding hydrogens is 237 g/mol. The van der Waals surface area contributed by atoms with Crippen molar-refractivity contribution in [2.75, 3.05) is 6.16 Å². The third-order valence-corrected chi connectivity index (χ3v) is 3.88. The highest BCUT2D eigenvalue weighted by Gasteiger charge is 2.20. The van der Waals surface area contributed by atoms with Crippen LogP contribution in [0.1, 0.15) is 0 Å².